The predicted molar refractivity (Wildman–Crippen MR) is 242 cm³/mol. The van der Waals surface area contributed by atoms with E-state index in [0.29, 0.717) is 30.4 Å². The third-order valence-electron chi connectivity index (χ3n) is 12.4. The number of carbonyl (C=O) groups excluding carboxylic acids is 1. The van der Waals surface area contributed by atoms with Crippen LogP contribution in [0, 0.1) is 12.7 Å². The number of hydrogen-bond donors (Lipinski definition) is 0. The highest BCUT2D eigenvalue weighted by Crippen LogP contribution is 2.46. The standard InChI is InChI=1S/C48H54ClF4N7O5/c1-28-21-38(58(23-29-10-16-34(62-6)17-11-29)24-30-12-18-35(63-7)19-13-30)54-43(40(28)48(51,52)53)39-37(49)22-36-42(41(39)50)55-45(64-27-33-9-8-20-57(33)5)56-44(36)59-25-31-14-15-32(26-59)60(31)46(61)65-47(2,3)4/h10-13,16-19,21-22,31-33H,8-9,14-15,20,23-27H2,1-7H3/t31?,32?,33-/m0/s1. The van der Waals surface area contributed by atoms with Gasteiger partial charge < -0.3 is 33.6 Å². The molecule has 65 heavy (non-hydrogen) atoms. The van der Waals surface area contributed by atoms with Gasteiger partial charge in [0.2, 0.25) is 0 Å². The molecule has 0 N–H and O–H groups in total. The van der Waals surface area contributed by atoms with Crippen LogP contribution in [0.2, 0.25) is 5.02 Å². The van der Waals surface area contributed by atoms with Crippen LogP contribution in [-0.2, 0) is 24.0 Å². The number of piperazine rings is 1. The van der Waals surface area contributed by atoms with Gasteiger partial charge in [0.1, 0.15) is 40.9 Å². The van der Waals surface area contributed by atoms with Crippen LogP contribution in [0.4, 0.5) is 34.0 Å². The third kappa shape index (κ3) is 9.84. The molecule has 0 saturated carbocycles. The van der Waals surface area contributed by atoms with Gasteiger partial charge in [0.05, 0.1) is 48.1 Å². The van der Waals surface area contributed by atoms with Gasteiger partial charge in [-0.3, -0.25) is 4.90 Å². The SMILES string of the molecule is COc1ccc(CN(Cc2ccc(OC)cc2)c2cc(C)c(C(F)(F)F)c(-c3c(Cl)cc4c(N5CC6CCC(C5)N6C(=O)OC(C)(C)C)nc(OC[C@@H]5CCCN5C)nc4c3F)n2)cc1. The highest BCUT2D eigenvalue weighted by atomic mass is 35.5. The van der Waals surface area contributed by atoms with Gasteiger partial charge >= 0.3 is 18.3 Å². The molecule has 2 unspecified atom stereocenters. The van der Waals surface area contributed by atoms with E-state index in [1.54, 1.807) is 43.4 Å². The first-order valence-corrected chi connectivity index (χ1v) is 22.2. The van der Waals surface area contributed by atoms with Gasteiger partial charge in [0.25, 0.3) is 0 Å². The number of benzene rings is 3. The second kappa shape index (κ2) is 18.3. The van der Waals surface area contributed by atoms with Gasteiger partial charge in [-0.15, -0.1) is 0 Å². The number of likely N-dealkylation sites (N-methyl/N-ethyl adjacent to an activating group) is 1. The Labute approximate surface area is 381 Å². The van der Waals surface area contributed by atoms with Gasteiger partial charge in [-0.05, 0) is 120 Å². The zero-order valence-corrected chi connectivity index (χ0v) is 38.4. The third-order valence-corrected chi connectivity index (χ3v) is 12.7. The molecule has 3 aliphatic rings. The lowest BCUT2D eigenvalue weighted by atomic mass is 9.98. The van der Waals surface area contributed by atoms with E-state index in [1.807, 2.05) is 61.9 Å². The van der Waals surface area contributed by atoms with Crippen molar-refractivity contribution in [1.82, 2.24) is 24.8 Å². The first-order valence-electron chi connectivity index (χ1n) is 21.8. The van der Waals surface area contributed by atoms with Crippen molar-refractivity contribution in [3.63, 3.8) is 0 Å². The van der Waals surface area contributed by atoms with Crippen molar-refractivity contribution in [2.24, 2.45) is 0 Å². The minimum atomic E-state index is -4.95. The van der Waals surface area contributed by atoms with Crippen LogP contribution in [0.15, 0.2) is 60.7 Å². The number of fused-ring (bicyclic) bond motifs is 3. The number of ether oxygens (including phenoxy) is 4. The van der Waals surface area contributed by atoms with Gasteiger partial charge in [0.15, 0.2) is 5.82 Å². The molecule has 3 fully saturated rings. The van der Waals surface area contributed by atoms with E-state index >= 15 is 17.6 Å². The Hall–Kier alpha value is -5.61. The molecule has 3 saturated heterocycles. The van der Waals surface area contributed by atoms with Crippen LogP contribution in [0.5, 0.6) is 17.5 Å². The van der Waals surface area contributed by atoms with Crippen molar-refractivity contribution in [1.29, 1.82) is 0 Å². The summed E-state index contributed by atoms with van der Waals surface area (Å²) in [4.78, 5) is 35.1. The summed E-state index contributed by atoms with van der Waals surface area (Å²) >= 11 is 7.01. The number of likely N-dealkylation sites (tertiary alicyclic amines) is 1. The average molecular weight is 920 g/mol. The number of pyridine rings is 1. The maximum Gasteiger partial charge on any atom is 0.418 e. The average Bonchev–Trinajstić information content (AvgIpc) is 3.79. The zero-order valence-electron chi connectivity index (χ0n) is 37.6. The summed E-state index contributed by atoms with van der Waals surface area (Å²) < 4.78 is 86.4. The van der Waals surface area contributed by atoms with Crippen LogP contribution in [0.25, 0.3) is 22.2 Å². The molecule has 1 amide bonds. The van der Waals surface area contributed by atoms with E-state index < -0.39 is 40.5 Å². The Morgan fingerprint density at radius 1 is 0.877 bits per heavy atom. The summed E-state index contributed by atoms with van der Waals surface area (Å²) in [5, 5.41) is -0.114. The Kier molecular flexibility index (Phi) is 13.0. The lowest BCUT2D eigenvalue weighted by molar-refractivity contribution is -0.137. The topological polar surface area (TPSA) is 106 Å². The Morgan fingerprint density at radius 2 is 1.48 bits per heavy atom. The Balaban J connectivity index is 1.25. The van der Waals surface area contributed by atoms with E-state index in [9.17, 15) is 4.79 Å². The van der Waals surface area contributed by atoms with Gasteiger partial charge in [-0.1, -0.05) is 35.9 Å². The van der Waals surface area contributed by atoms with E-state index in [0.717, 1.165) is 43.4 Å². The summed E-state index contributed by atoms with van der Waals surface area (Å²) in [6.45, 7) is 9.05. The number of aryl methyl sites for hydroxylation is 1. The van der Waals surface area contributed by atoms with Crippen LogP contribution in [-0.4, -0.2) is 102 Å². The van der Waals surface area contributed by atoms with E-state index in [-0.39, 0.29) is 71.1 Å². The number of amides is 1. The summed E-state index contributed by atoms with van der Waals surface area (Å²) in [5.41, 5.74) is -1.82. The van der Waals surface area contributed by atoms with Crippen LogP contribution < -0.4 is 24.0 Å². The molecule has 2 aromatic heterocycles. The molecule has 8 rings (SSSR count). The molecule has 346 valence electrons. The van der Waals surface area contributed by atoms with Gasteiger partial charge in [-0.25, -0.2) is 14.2 Å². The molecular weight excluding hydrogens is 866 g/mol. The summed E-state index contributed by atoms with van der Waals surface area (Å²) in [7, 11) is 5.12. The van der Waals surface area contributed by atoms with Crippen LogP contribution in [0.1, 0.15) is 68.7 Å². The Morgan fingerprint density at radius 3 is 2.00 bits per heavy atom. The summed E-state index contributed by atoms with van der Waals surface area (Å²) in [5.74, 6) is 0.658. The molecule has 3 atom stereocenters. The fourth-order valence-electron chi connectivity index (χ4n) is 9.21. The highest BCUT2D eigenvalue weighted by molar-refractivity contribution is 6.34. The fourth-order valence-corrected chi connectivity index (χ4v) is 9.49. The molecule has 2 bridgehead atoms. The van der Waals surface area contributed by atoms with E-state index in [1.165, 1.54) is 19.1 Å². The number of carbonyl (C=O) groups is 1. The summed E-state index contributed by atoms with van der Waals surface area (Å²) in [6.07, 6.45) is -2.04. The molecular formula is C48H54ClF4N7O5. The first-order chi connectivity index (χ1) is 30.9. The second-order valence-electron chi connectivity index (χ2n) is 18.1. The maximum absolute atomic E-state index is 17.7. The normalized spacial score (nSPS) is 18.9. The maximum atomic E-state index is 17.7. The lowest BCUT2D eigenvalue weighted by Crippen LogP contribution is -2.57. The number of alkyl halides is 3. The van der Waals surface area contributed by atoms with Crippen molar-refractivity contribution < 1.29 is 41.3 Å². The van der Waals surface area contributed by atoms with Gasteiger partial charge in [-0.2, -0.15) is 23.1 Å². The first kappa shape index (κ1) is 45.9. The molecule has 5 aromatic rings. The minimum Gasteiger partial charge on any atom is -0.497 e. The number of rotatable bonds is 12. The van der Waals surface area contributed by atoms with Crippen molar-refractivity contribution >= 4 is 40.2 Å². The largest absolute Gasteiger partial charge is 0.497 e. The smallest absolute Gasteiger partial charge is 0.418 e. The van der Waals surface area contributed by atoms with Crippen molar-refractivity contribution in [3.8, 4) is 28.8 Å². The highest BCUT2D eigenvalue weighted by Gasteiger charge is 2.45. The van der Waals surface area contributed by atoms with Crippen LogP contribution in [0.3, 0.4) is 0 Å². The molecule has 0 spiro atoms. The van der Waals surface area contributed by atoms with Crippen molar-refractivity contribution in [3.05, 3.63) is 93.8 Å². The molecule has 0 aliphatic carbocycles. The summed E-state index contributed by atoms with van der Waals surface area (Å²) in [6, 6.07) is 16.9. The number of methoxy groups -OCH3 is 2. The molecule has 12 nitrogen and oxygen atoms in total. The Bertz CT molecular complexity index is 2480. The number of nitrogens with zero attached hydrogens (tertiary/aromatic N) is 7. The lowest BCUT2D eigenvalue weighted by Gasteiger charge is -2.42. The van der Waals surface area contributed by atoms with E-state index in [4.69, 9.17) is 35.5 Å². The zero-order chi connectivity index (χ0) is 46.4. The van der Waals surface area contributed by atoms with E-state index in [2.05, 4.69) is 14.9 Å². The van der Waals surface area contributed by atoms with Gasteiger partial charge in [0, 0.05) is 37.6 Å². The number of aromatic nitrogens is 3. The molecule has 0 radical (unpaired) electrons. The number of hydrogen-bond acceptors (Lipinski definition) is 11. The molecule has 3 aliphatic heterocycles. The molecule has 3 aromatic carbocycles. The molecule has 17 heteroatoms. The van der Waals surface area contributed by atoms with Crippen LogP contribution >= 0.6 is 11.6 Å². The predicted octanol–water partition coefficient (Wildman–Crippen LogP) is 10.1. The number of halogens is 5. The quantitative estimate of drug-likeness (QED) is 0.112. The monoisotopic (exact) mass is 919 g/mol. The van der Waals surface area contributed by atoms with Crippen molar-refractivity contribution in [2.45, 2.75) is 96.4 Å². The minimum absolute atomic E-state index is 0.0691. The number of anilines is 2. The fraction of sp³-hybridized carbons (Fsp3) is 0.458. The van der Waals surface area contributed by atoms with Crippen molar-refractivity contribution in [2.75, 3.05) is 57.3 Å². The second-order valence-corrected chi connectivity index (χ2v) is 18.5. The molecule has 5 heterocycles.